The normalized spacial score (nSPS) is 16.7. The Labute approximate surface area is 587 Å². The summed E-state index contributed by atoms with van der Waals surface area (Å²) < 4.78 is 45.3. The van der Waals surface area contributed by atoms with Gasteiger partial charge in [0, 0.05) is 67.0 Å². The first-order valence-electron chi connectivity index (χ1n) is 34.7. The van der Waals surface area contributed by atoms with E-state index in [1.807, 2.05) is 0 Å². The maximum atomic E-state index is 20.2. The molecule has 0 amide bonds. The van der Waals surface area contributed by atoms with Crippen molar-refractivity contribution in [2.45, 2.75) is 0 Å². The molecule has 12 heteroatoms. The third-order valence-electron chi connectivity index (χ3n) is 21.9. The fraction of sp³-hybridized carbons (Fsp3) is 0. The van der Waals surface area contributed by atoms with Gasteiger partial charge in [-0.15, -0.1) is 0 Å². The summed E-state index contributed by atoms with van der Waals surface area (Å²) in [6.45, 7) is 0. The van der Waals surface area contributed by atoms with Crippen LogP contribution in [0.15, 0.2) is 340 Å². The molecule has 2 unspecified atom stereocenters. The van der Waals surface area contributed by atoms with Crippen molar-refractivity contribution in [3.05, 3.63) is 340 Å². The van der Waals surface area contributed by atoms with Crippen LogP contribution in [-0.4, -0.2) is 9.13 Å². The van der Waals surface area contributed by atoms with Crippen molar-refractivity contribution < 1.29 is 9.13 Å². The standard InChI is InChI=1S/C90H56N8O2P2/c99-101-85-69-51-29-53-71(85)96(62-41-19-6-20-42-62)82-84-90-81(83(89(82)101)97(63-43-21-7-22-44-63)75-55-73-77(79(87(75)101)93(69)59-35-13-3-14-36-59)65-47-25-27-49-67(65)91(73)57-31-9-1-10-32-57)95(61-39-17-5-18-40-61)72-54-30-52-70-86(72)102(90,100)88-76(98(84)64-45-23-8-24-46-64)56-74-78(80(88)94(70)60-37-15-4-16-38-60)66-48-26-28-50-68(66)92(74)58-33-11-2-12-34-58/h1-56H. The molecule has 17 aromatic rings. The van der Waals surface area contributed by atoms with Crippen LogP contribution in [0, 0.1) is 0 Å². The van der Waals surface area contributed by atoms with Crippen LogP contribution in [0.1, 0.15) is 0 Å². The van der Waals surface area contributed by atoms with Crippen molar-refractivity contribution in [3.8, 4) is 11.4 Å². The van der Waals surface area contributed by atoms with Crippen molar-refractivity contribution in [1.82, 2.24) is 9.13 Å². The van der Waals surface area contributed by atoms with Gasteiger partial charge < -0.3 is 47.7 Å². The molecule has 0 saturated carbocycles. The highest BCUT2D eigenvalue weighted by Crippen LogP contribution is 2.76. The maximum Gasteiger partial charge on any atom is 0.183 e. The SMILES string of the molecule is O=P12c3c4cccc3N(c3ccccc3)c3c1c(cc1c3c3ccccc3n1-c1ccccc1)N(c1ccccc1)c1c3c5c(c(c12)N4c1ccccc1)N(c1ccccc1)c1cc2c(c4c1P5(=O)c1c(cccc1N4c1ccccc1)N3c1ccccc1)c1ccccc1n2-c1ccccc1. The van der Waals surface area contributed by atoms with Crippen LogP contribution >= 0.6 is 14.3 Å². The Morgan fingerprint density at radius 1 is 0.186 bits per heavy atom. The maximum absolute atomic E-state index is 20.2. The molecule has 0 N–H and O–H groups in total. The van der Waals surface area contributed by atoms with Gasteiger partial charge in [-0.3, -0.25) is 0 Å². The van der Waals surface area contributed by atoms with Crippen molar-refractivity contribution in [3.63, 3.8) is 0 Å². The van der Waals surface area contributed by atoms with Gasteiger partial charge in [-0.1, -0.05) is 194 Å². The number of aromatic nitrogens is 2. The number of rotatable bonds is 8. The third-order valence-corrected chi connectivity index (χ3v) is 28.3. The summed E-state index contributed by atoms with van der Waals surface area (Å²) in [6, 6.07) is 120. The van der Waals surface area contributed by atoms with Crippen LogP contribution < -0.4 is 61.2 Å². The summed E-state index contributed by atoms with van der Waals surface area (Å²) in [5.41, 5.74) is 20.5. The smallest absolute Gasteiger partial charge is 0.183 e. The van der Waals surface area contributed by atoms with Crippen molar-refractivity contribution in [2.75, 3.05) is 29.4 Å². The van der Waals surface area contributed by atoms with E-state index in [1.165, 1.54) is 0 Å². The van der Waals surface area contributed by atoms with E-state index in [0.29, 0.717) is 33.4 Å². The number of hydrogen-bond donors (Lipinski definition) is 0. The zero-order valence-corrected chi connectivity index (χ0v) is 56.4. The molecule has 0 radical (unpaired) electrons. The highest BCUT2D eigenvalue weighted by Gasteiger charge is 2.63. The van der Waals surface area contributed by atoms with Gasteiger partial charge in [0.05, 0.1) is 122 Å². The molecule has 0 spiro atoms. The van der Waals surface area contributed by atoms with Crippen LogP contribution in [0.5, 0.6) is 0 Å². The molecule has 2 aromatic heterocycles. The number of fused-ring (bicyclic) bond motifs is 10. The van der Waals surface area contributed by atoms with Gasteiger partial charge in [0.25, 0.3) is 0 Å². The molecule has 15 aromatic carbocycles. The van der Waals surface area contributed by atoms with Crippen LogP contribution in [0.3, 0.4) is 0 Å². The molecular formula is C90H56N8O2P2. The molecule has 0 fully saturated rings. The highest BCUT2D eigenvalue weighted by molar-refractivity contribution is 7.88. The van der Waals surface area contributed by atoms with Crippen LogP contribution in [0.2, 0.25) is 0 Å². The third kappa shape index (κ3) is 6.95. The lowest BCUT2D eigenvalue weighted by molar-refractivity contribution is 0.590. The minimum absolute atomic E-state index is 0.663. The molecule has 6 aliphatic heterocycles. The Balaban J connectivity index is 1.01. The summed E-state index contributed by atoms with van der Waals surface area (Å²) in [5, 5.41) is 8.30. The van der Waals surface area contributed by atoms with Crippen molar-refractivity contribution in [2.24, 2.45) is 0 Å². The molecular weight excluding hydrogens is 1290 g/mol. The van der Waals surface area contributed by atoms with Crippen LogP contribution in [0.4, 0.5) is 102 Å². The van der Waals surface area contributed by atoms with E-state index >= 15 is 9.13 Å². The Morgan fingerprint density at radius 3 is 0.706 bits per heavy atom. The second-order valence-electron chi connectivity index (χ2n) is 27.0. The molecule has 8 heterocycles. The predicted octanol–water partition coefficient (Wildman–Crippen LogP) is 21.9. The lowest BCUT2D eigenvalue weighted by Gasteiger charge is -2.55. The summed E-state index contributed by atoms with van der Waals surface area (Å²) in [6.07, 6.45) is 0. The van der Waals surface area contributed by atoms with Gasteiger partial charge in [0.2, 0.25) is 0 Å². The average molecular weight is 1340 g/mol. The second-order valence-corrected chi connectivity index (χ2v) is 32.1. The molecule has 0 bridgehead atoms. The number of anilines is 18. The Kier molecular flexibility index (Phi) is 11.2. The summed E-state index contributed by atoms with van der Waals surface area (Å²) >= 11 is 0. The van der Waals surface area contributed by atoms with Crippen LogP contribution in [-0.2, 0) is 9.13 Å². The van der Waals surface area contributed by atoms with E-state index < -0.39 is 14.3 Å². The number of nitrogens with zero attached hydrogens (tertiary/aromatic N) is 8. The predicted molar refractivity (Wildman–Crippen MR) is 423 cm³/mol. The monoisotopic (exact) mass is 1340 g/mol. The Morgan fingerprint density at radius 2 is 0.422 bits per heavy atom. The quantitative estimate of drug-likeness (QED) is 0.140. The fourth-order valence-corrected chi connectivity index (χ4v) is 25.6. The first-order chi connectivity index (χ1) is 50.5. The van der Waals surface area contributed by atoms with E-state index in [1.54, 1.807) is 0 Å². The first kappa shape index (κ1) is 56.1. The van der Waals surface area contributed by atoms with Gasteiger partial charge in [0.15, 0.2) is 14.3 Å². The minimum Gasteiger partial charge on any atom is -0.309 e. The first-order valence-corrected chi connectivity index (χ1v) is 38.1. The molecule has 2 atom stereocenters. The largest absolute Gasteiger partial charge is 0.309 e. The van der Waals surface area contributed by atoms with Gasteiger partial charge >= 0.3 is 0 Å². The fourth-order valence-electron chi connectivity index (χ4n) is 18.3. The molecule has 0 aliphatic carbocycles. The van der Waals surface area contributed by atoms with E-state index in [9.17, 15) is 0 Å². The van der Waals surface area contributed by atoms with Gasteiger partial charge in [0.1, 0.15) is 0 Å². The summed E-state index contributed by atoms with van der Waals surface area (Å²) in [4.78, 5) is 14.5. The molecule has 10 nitrogen and oxygen atoms in total. The molecule has 478 valence electrons. The van der Waals surface area contributed by atoms with E-state index in [-0.39, 0.29) is 0 Å². The van der Waals surface area contributed by atoms with Crippen LogP contribution in [0.25, 0.3) is 55.0 Å². The number of benzene rings is 15. The second kappa shape index (κ2) is 20.4. The molecule has 102 heavy (non-hydrogen) atoms. The lowest BCUT2D eigenvalue weighted by Crippen LogP contribution is -2.53. The zero-order valence-electron chi connectivity index (χ0n) is 54.6. The van der Waals surface area contributed by atoms with Crippen molar-refractivity contribution >= 4 is 192 Å². The Hall–Kier alpha value is -12.8. The average Bonchev–Trinajstić information content (AvgIpc) is 1.35. The van der Waals surface area contributed by atoms with Gasteiger partial charge in [-0.25, -0.2) is 0 Å². The topological polar surface area (TPSA) is 63.4 Å². The van der Waals surface area contributed by atoms with Gasteiger partial charge in [-0.2, -0.15) is 0 Å². The molecule has 23 rings (SSSR count). The van der Waals surface area contributed by atoms with E-state index in [0.717, 1.165) is 156 Å². The summed E-state index contributed by atoms with van der Waals surface area (Å²) in [5.74, 6) is 0. The van der Waals surface area contributed by atoms with E-state index in [4.69, 9.17) is 0 Å². The zero-order chi connectivity index (χ0) is 66.8. The summed E-state index contributed by atoms with van der Waals surface area (Å²) in [7, 11) is -8.71. The minimum atomic E-state index is -4.36. The number of hydrogen-bond acceptors (Lipinski definition) is 8. The van der Waals surface area contributed by atoms with Gasteiger partial charge in [-0.05, 0) is 146 Å². The number of para-hydroxylation sites is 10. The lowest BCUT2D eigenvalue weighted by atomic mass is 9.99. The van der Waals surface area contributed by atoms with Crippen molar-refractivity contribution in [1.29, 1.82) is 0 Å². The molecule has 6 aliphatic rings. The Bertz CT molecular complexity index is 6190. The highest BCUT2D eigenvalue weighted by atomic mass is 31.2. The molecule has 0 saturated heterocycles. The van der Waals surface area contributed by atoms with E-state index in [2.05, 4.69) is 378 Å².